The predicted molar refractivity (Wildman–Crippen MR) is 199 cm³/mol. The van der Waals surface area contributed by atoms with Gasteiger partial charge in [0, 0.05) is 44.3 Å². The summed E-state index contributed by atoms with van der Waals surface area (Å²) >= 11 is 0. The van der Waals surface area contributed by atoms with Crippen molar-refractivity contribution in [2.75, 3.05) is 21.3 Å². The molecule has 0 bridgehead atoms. The van der Waals surface area contributed by atoms with Gasteiger partial charge in [0.25, 0.3) is 42.2 Å². The molecule has 0 radical (unpaired) electrons. The van der Waals surface area contributed by atoms with Gasteiger partial charge in [-0.1, -0.05) is 48.5 Å². The molecule has 0 unspecified atom stereocenters. The molecule has 0 aliphatic rings. The summed E-state index contributed by atoms with van der Waals surface area (Å²) in [5.74, 6) is -1.36. The Bertz CT molecular complexity index is 2880. The van der Waals surface area contributed by atoms with Gasteiger partial charge in [-0.05, 0) is 72.1 Å². The van der Waals surface area contributed by atoms with Crippen molar-refractivity contribution < 1.29 is 53.3 Å². The van der Waals surface area contributed by atoms with E-state index in [1.807, 2.05) is 36.4 Å². The van der Waals surface area contributed by atoms with Gasteiger partial charge >= 0.3 is 6.03 Å². The van der Waals surface area contributed by atoms with Crippen molar-refractivity contribution in [3.05, 3.63) is 126 Å². The summed E-state index contributed by atoms with van der Waals surface area (Å²) in [6, 6.07) is 26.3. The summed E-state index contributed by atoms with van der Waals surface area (Å²) in [6.07, 6.45) is 0. The Labute approximate surface area is 307 Å². The van der Waals surface area contributed by atoms with Crippen molar-refractivity contribution >= 4 is 92.5 Å². The van der Waals surface area contributed by atoms with Crippen LogP contribution in [0.1, 0.15) is 20.7 Å². The molecule has 19 heteroatoms. The smallest absolute Gasteiger partial charge is 0.321 e. The molecule has 0 saturated heterocycles. The molecule has 16 nitrogen and oxygen atoms in total. The van der Waals surface area contributed by atoms with E-state index in [0.717, 1.165) is 22.9 Å². The van der Waals surface area contributed by atoms with Crippen molar-refractivity contribution in [1.29, 1.82) is 0 Å². The van der Waals surface area contributed by atoms with Crippen LogP contribution in [0.5, 0.6) is 0 Å². The summed E-state index contributed by atoms with van der Waals surface area (Å²) < 4.78 is 102. The number of nitrogens with one attached hydrogen (secondary N) is 4. The second-order valence-electron chi connectivity index (χ2n) is 11.6. The van der Waals surface area contributed by atoms with E-state index in [4.69, 9.17) is 0 Å². The Morgan fingerprint density at radius 1 is 0.463 bits per heavy atom. The lowest BCUT2D eigenvalue weighted by molar-refractivity contribution is 0.101. The van der Waals surface area contributed by atoms with Gasteiger partial charge in [-0.2, -0.15) is 25.3 Å². The van der Waals surface area contributed by atoms with E-state index in [1.54, 1.807) is 24.3 Å². The first-order valence-corrected chi connectivity index (χ1v) is 19.6. The minimum absolute atomic E-state index is 0.105. The third-order valence-corrected chi connectivity index (χ3v) is 10.5. The Hall–Kier alpha value is -6.22. The van der Waals surface area contributed by atoms with Crippen LogP contribution in [0.15, 0.2) is 130 Å². The zero-order valence-electron chi connectivity index (χ0n) is 27.2. The standard InChI is InChI=1S/C35H26N4O12S3/c40-33(38-28-13-5-7-20-6-1-2-12-26(20)28)21-8-3-10-23(16-21)36-35(42)37-24-11-4-9-22(17-24)34(41)39-29-14-15-30(53(46,47)48)27-18-25(52(43,44)45)19-31(32(27)29)54(49,50)51/h1-19H,(H,38,40)(H,39,41)(H2,36,37,42)(H,43,44,45)(H,46,47,48)(H,49,50,51). The zero-order chi connectivity index (χ0) is 39.0. The lowest BCUT2D eigenvalue weighted by Gasteiger charge is -2.15. The molecule has 6 rings (SSSR count). The van der Waals surface area contributed by atoms with Crippen LogP contribution in [0.3, 0.4) is 0 Å². The second kappa shape index (κ2) is 14.3. The number of carbonyl (C=O) groups excluding carboxylic acids is 3. The molecule has 0 heterocycles. The molecule has 0 aliphatic carbocycles. The average Bonchev–Trinajstić information content (AvgIpc) is 3.10. The van der Waals surface area contributed by atoms with Crippen molar-refractivity contribution in [2.45, 2.75) is 14.7 Å². The largest absolute Gasteiger partial charge is 0.323 e. The summed E-state index contributed by atoms with van der Waals surface area (Å²) in [6.45, 7) is 0. The van der Waals surface area contributed by atoms with Crippen LogP contribution in [0, 0.1) is 0 Å². The highest BCUT2D eigenvalue weighted by atomic mass is 32.2. The van der Waals surface area contributed by atoms with Crippen LogP contribution in [0.2, 0.25) is 0 Å². The summed E-state index contributed by atoms with van der Waals surface area (Å²) in [7, 11) is -15.7. The van der Waals surface area contributed by atoms with Gasteiger partial charge in [0.15, 0.2) is 0 Å². The Morgan fingerprint density at radius 3 is 1.57 bits per heavy atom. The average molecular weight is 791 g/mol. The fraction of sp³-hybridized carbons (Fsp3) is 0. The number of hydrogen-bond donors (Lipinski definition) is 7. The second-order valence-corrected chi connectivity index (χ2v) is 15.8. The first-order chi connectivity index (χ1) is 25.4. The van der Waals surface area contributed by atoms with Gasteiger partial charge in [-0.3, -0.25) is 23.2 Å². The molecule has 6 aromatic carbocycles. The van der Waals surface area contributed by atoms with E-state index >= 15 is 0 Å². The topological polar surface area (TPSA) is 262 Å². The molecule has 276 valence electrons. The molecule has 0 fully saturated rings. The van der Waals surface area contributed by atoms with Gasteiger partial charge < -0.3 is 21.3 Å². The fourth-order valence-corrected chi connectivity index (χ4v) is 7.61. The molecule has 0 aromatic heterocycles. The van der Waals surface area contributed by atoms with Crippen molar-refractivity contribution in [3.8, 4) is 0 Å². The van der Waals surface area contributed by atoms with E-state index in [0.29, 0.717) is 17.8 Å². The van der Waals surface area contributed by atoms with Crippen molar-refractivity contribution in [3.63, 3.8) is 0 Å². The molecule has 0 spiro atoms. The number of hydrogen-bond acceptors (Lipinski definition) is 9. The summed E-state index contributed by atoms with van der Waals surface area (Å²) in [5, 5.41) is 10.7. The fourth-order valence-electron chi connectivity index (χ4n) is 5.57. The van der Waals surface area contributed by atoms with E-state index in [-0.39, 0.29) is 22.5 Å². The van der Waals surface area contributed by atoms with E-state index < -0.39 is 79.3 Å². The Morgan fingerprint density at radius 2 is 1.00 bits per heavy atom. The molecule has 0 atom stereocenters. The number of carbonyl (C=O) groups is 3. The first-order valence-electron chi connectivity index (χ1n) is 15.3. The van der Waals surface area contributed by atoms with Crippen molar-refractivity contribution in [2.24, 2.45) is 0 Å². The maximum atomic E-state index is 13.4. The molecule has 0 saturated carbocycles. The van der Waals surface area contributed by atoms with Crippen LogP contribution in [0.4, 0.5) is 27.5 Å². The van der Waals surface area contributed by atoms with Crippen molar-refractivity contribution in [1.82, 2.24) is 0 Å². The van der Waals surface area contributed by atoms with Crippen LogP contribution in [-0.2, 0) is 30.4 Å². The molecular formula is C35H26N4O12S3. The molecular weight excluding hydrogens is 765 g/mol. The number of rotatable bonds is 9. The monoisotopic (exact) mass is 790 g/mol. The molecule has 54 heavy (non-hydrogen) atoms. The molecule has 6 aromatic rings. The van der Waals surface area contributed by atoms with Gasteiger partial charge in [0.1, 0.15) is 9.79 Å². The lowest BCUT2D eigenvalue weighted by Crippen LogP contribution is -2.20. The van der Waals surface area contributed by atoms with Crippen LogP contribution in [-0.4, -0.2) is 56.8 Å². The van der Waals surface area contributed by atoms with E-state index in [2.05, 4.69) is 21.3 Å². The van der Waals surface area contributed by atoms with Crippen LogP contribution >= 0.6 is 0 Å². The Balaban J connectivity index is 1.22. The molecule has 7 N–H and O–H groups in total. The molecule has 4 amide bonds. The van der Waals surface area contributed by atoms with Gasteiger partial charge in [-0.25, -0.2) is 4.79 Å². The SMILES string of the molecule is O=C(Nc1cccc(C(=O)Nc2cccc3ccccc23)c1)Nc1cccc(C(=O)Nc2ccc(S(=O)(=O)O)c3cc(S(=O)(=O)O)cc(S(=O)(=O)O)c23)c1. The normalized spacial score (nSPS) is 11.9. The molecule has 0 aliphatic heterocycles. The Kier molecular flexibility index (Phi) is 9.94. The summed E-state index contributed by atoms with van der Waals surface area (Å²) in [5.41, 5.74) is 0.661. The van der Waals surface area contributed by atoms with Crippen LogP contribution in [0.25, 0.3) is 21.5 Å². The number of benzene rings is 6. The first kappa shape index (κ1) is 37.5. The number of urea groups is 1. The highest BCUT2D eigenvalue weighted by molar-refractivity contribution is 7.87. The van der Waals surface area contributed by atoms with Gasteiger partial charge in [0.05, 0.1) is 10.6 Å². The van der Waals surface area contributed by atoms with Crippen LogP contribution < -0.4 is 21.3 Å². The third kappa shape index (κ3) is 8.20. The maximum absolute atomic E-state index is 13.4. The zero-order valence-corrected chi connectivity index (χ0v) is 29.7. The number of fused-ring (bicyclic) bond motifs is 2. The predicted octanol–water partition coefficient (Wildman–Crippen LogP) is 5.88. The number of amides is 4. The van der Waals surface area contributed by atoms with E-state index in [1.165, 1.54) is 30.3 Å². The maximum Gasteiger partial charge on any atom is 0.323 e. The number of anilines is 4. The minimum atomic E-state index is -5.35. The van der Waals surface area contributed by atoms with Gasteiger partial charge in [-0.15, -0.1) is 0 Å². The highest BCUT2D eigenvalue weighted by Gasteiger charge is 2.27. The quantitative estimate of drug-likeness (QED) is 0.0847. The van der Waals surface area contributed by atoms with Gasteiger partial charge in [0.2, 0.25) is 0 Å². The lowest BCUT2D eigenvalue weighted by atomic mass is 10.1. The third-order valence-electron chi connectivity index (χ3n) is 7.92. The summed E-state index contributed by atoms with van der Waals surface area (Å²) in [4.78, 5) is 36.0. The minimum Gasteiger partial charge on any atom is -0.321 e. The highest BCUT2D eigenvalue weighted by Crippen LogP contribution is 2.37. The van der Waals surface area contributed by atoms with E-state index in [9.17, 15) is 53.3 Å².